The normalized spacial score (nSPS) is 16.0. The second-order valence-corrected chi connectivity index (χ2v) is 5.54. The first-order valence-corrected chi connectivity index (χ1v) is 7.66. The topological polar surface area (TPSA) is 52.7 Å². The van der Waals surface area contributed by atoms with Gasteiger partial charge in [0.15, 0.2) is 0 Å². The maximum Gasteiger partial charge on any atom is 0.246 e. The van der Waals surface area contributed by atoms with E-state index in [2.05, 4.69) is 5.32 Å². The first-order valence-electron chi connectivity index (χ1n) is 7.28. The van der Waals surface area contributed by atoms with Crippen molar-refractivity contribution in [1.29, 1.82) is 0 Å². The summed E-state index contributed by atoms with van der Waals surface area (Å²) in [4.78, 5) is 27.6. The van der Waals surface area contributed by atoms with Gasteiger partial charge in [-0.15, -0.1) is 0 Å². The summed E-state index contributed by atoms with van der Waals surface area (Å²) in [6, 6.07) is 7.16. The molecule has 0 saturated carbocycles. The van der Waals surface area contributed by atoms with Gasteiger partial charge in [-0.2, -0.15) is 0 Å². The lowest BCUT2D eigenvalue weighted by atomic mass is 10.3. The van der Waals surface area contributed by atoms with E-state index in [-0.39, 0.29) is 11.8 Å². The molecule has 1 saturated heterocycles. The molecule has 6 heteroatoms. The van der Waals surface area contributed by atoms with Crippen molar-refractivity contribution in [2.45, 2.75) is 6.92 Å². The Labute approximate surface area is 135 Å². The molecular formula is C16H20ClN3O2. The van der Waals surface area contributed by atoms with Crippen LogP contribution in [0.1, 0.15) is 6.92 Å². The van der Waals surface area contributed by atoms with Crippen LogP contribution in [-0.2, 0) is 9.59 Å². The molecule has 1 aromatic carbocycles. The van der Waals surface area contributed by atoms with Crippen molar-refractivity contribution in [3.05, 3.63) is 41.4 Å². The molecule has 2 amide bonds. The van der Waals surface area contributed by atoms with Gasteiger partial charge >= 0.3 is 0 Å². The number of allylic oxidation sites excluding steroid dienone is 1. The molecular weight excluding hydrogens is 302 g/mol. The monoisotopic (exact) mass is 321 g/mol. The second-order valence-electron chi connectivity index (χ2n) is 5.13. The van der Waals surface area contributed by atoms with E-state index in [1.54, 1.807) is 29.2 Å². The van der Waals surface area contributed by atoms with E-state index in [0.717, 1.165) is 0 Å². The lowest BCUT2D eigenvalue weighted by molar-refractivity contribution is -0.128. The standard InChI is InChI=1S/C16H20ClN3O2/c1-2-5-16(22)20-10-8-19(9-11-20)12-15(21)18-14-7-4-3-6-13(14)17/h2-7H,8-12H2,1H3,(H,18,21)/b5-2+. The predicted molar refractivity (Wildman–Crippen MR) is 87.9 cm³/mol. The van der Waals surface area contributed by atoms with Crippen LogP contribution >= 0.6 is 11.6 Å². The molecule has 1 aromatic rings. The summed E-state index contributed by atoms with van der Waals surface area (Å²) in [5, 5.41) is 3.33. The van der Waals surface area contributed by atoms with Crippen molar-refractivity contribution >= 4 is 29.1 Å². The SMILES string of the molecule is C/C=C/C(=O)N1CCN(CC(=O)Nc2ccccc2Cl)CC1. The summed E-state index contributed by atoms with van der Waals surface area (Å²) in [7, 11) is 0. The smallest absolute Gasteiger partial charge is 0.246 e. The van der Waals surface area contributed by atoms with Crippen molar-refractivity contribution in [1.82, 2.24) is 9.80 Å². The molecule has 0 aromatic heterocycles. The van der Waals surface area contributed by atoms with Crippen LogP contribution in [0.4, 0.5) is 5.69 Å². The minimum absolute atomic E-state index is 0.0302. The molecule has 2 rings (SSSR count). The van der Waals surface area contributed by atoms with Gasteiger partial charge in [0.2, 0.25) is 11.8 Å². The summed E-state index contributed by atoms with van der Waals surface area (Å²) in [5.74, 6) is -0.0657. The number of hydrogen-bond acceptors (Lipinski definition) is 3. The Morgan fingerprint density at radius 1 is 1.23 bits per heavy atom. The van der Waals surface area contributed by atoms with E-state index >= 15 is 0 Å². The van der Waals surface area contributed by atoms with Crippen molar-refractivity contribution < 1.29 is 9.59 Å². The molecule has 0 aliphatic carbocycles. The minimum atomic E-state index is -0.0960. The van der Waals surface area contributed by atoms with Gasteiger partial charge in [0.1, 0.15) is 0 Å². The summed E-state index contributed by atoms with van der Waals surface area (Å²) < 4.78 is 0. The number of piperazine rings is 1. The number of anilines is 1. The Bertz CT molecular complexity index is 566. The van der Waals surface area contributed by atoms with Gasteiger partial charge in [0.25, 0.3) is 0 Å². The summed E-state index contributed by atoms with van der Waals surface area (Å²) in [6.45, 7) is 4.80. The molecule has 1 N–H and O–H groups in total. The Hall–Kier alpha value is -1.85. The maximum absolute atomic E-state index is 12.0. The van der Waals surface area contributed by atoms with E-state index in [0.29, 0.717) is 43.4 Å². The van der Waals surface area contributed by atoms with Crippen LogP contribution in [-0.4, -0.2) is 54.3 Å². The number of amides is 2. The highest BCUT2D eigenvalue weighted by atomic mass is 35.5. The largest absolute Gasteiger partial charge is 0.337 e. The van der Waals surface area contributed by atoms with Gasteiger partial charge < -0.3 is 10.2 Å². The third-order valence-electron chi connectivity index (χ3n) is 3.51. The fraction of sp³-hybridized carbons (Fsp3) is 0.375. The van der Waals surface area contributed by atoms with Crippen LogP contribution in [0.5, 0.6) is 0 Å². The molecule has 1 heterocycles. The second kappa shape index (κ2) is 7.96. The number of para-hydroxylation sites is 1. The molecule has 0 bridgehead atoms. The van der Waals surface area contributed by atoms with Crippen LogP contribution in [0.25, 0.3) is 0 Å². The van der Waals surface area contributed by atoms with Gasteiger partial charge in [-0.3, -0.25) is 14.5 Å². The Kier molecular flexibility index (Phi) is 5.98. The number of halogens is 1. The zero-order valence-corrected chi connectivity index (χ0v) is 13.3. The van der Waals surface area contributed by atoms with E-state index in [1.165, 1.54) is 0 Å². The highest BCUT2D eigenvalue weighted by Crippen LogP contribution is 2.20. The first kappa shape index (κ1) is 16.5. The number of carbonyl (C=O) groups excluding carboxylic acids is 2. The average molecular weight is 322 g/mol. The van der Waals surface area contributed by atoms with Gasteiger partial charge in [0.05, 0.1) is 17.3 Å². The zero-order valence-electron chi connectivity index (χ0n) is 12.6. The molecule has 0 radical (unpaired) electrons. The van der Waals surface area contributed by atoms with Gasteiger partial charge in [-0.1, -0.05) is 29.8 Å². The number of rotatable bonds is 4. The number of nitrogens with one attached hydrogen (secondary N) is 1. The van der Waals surface area contributed by atoms with Crippen LogP contribution in [0.15, 0.2) is 36.4 Å². The highest BCUT2D eigenvalue weighted by molar-refractivity contribution is 6.33. The first-order chi connectivity index (χ1) is 10.6. The fourth-order valence-electron chi connectivity index (χ4n) is 2.33. The van der Waals surface area contributed by atoms with Crippen LogP contribution in [0, 0.1) is 0 Å². The van der Waals surface area contributed by atoms with Crippen LogP contribution in [0.2, 0.25) is 5.02 Å². The molecule has 1 fully saturated rings. The summed E-state index contributed by atoms with van der Waals surface area (Å²) >= 11 is 6.02. The number of hydrogen-bond donors (Lipinski definition) is 1. The number of carbonyl (C=O) groups is 2. The predicted octanol–water partition coefficient (Wildman–Crippen LogP) is 2.00. The molecule has 0 atom stereocenters. The molecule has 0 spiro atoms. The number of benzene rings is 1. The average Bonchev–Trinajstić information content (AvgIpc) is 2.50. The van der Waals surface area contributed by atoms with E-state index < -0.39 is 0 Å². The molecule has 5 nitrogen and oxygen atoms in total. The summed E-state index contributed by atoms with van der Waals surface area (Å²) in [5.41, 5.74) is 0.621. The number of nitrogens with zero attached hydrogens (tertiary/aromatic N) is 2. The van der Waals surface area contributed by atoms with Crippen molar-refractivity contribution in [3.63, 3.8) is 0 Å². The van der Waals surface area contributed by atoms with Crippen LogP contribution in [0.3, 0.4) is 0 Å². The van der Waals surface area contributed by atoms with Gasteiger partial charge in [0, 0.05) is 26.2 Å². The molecule has 1 aliphatic heterocycles. The van der Waals surface area contributed by atoms with E-state index in [1.807, 2.05) is 24.0 Å². The molecule has 1 aliphatic rings. The zero-order chi connectivity index (χ0) is 15.9. The van der Waals surface area contributed by atoms with Crippen LogP contribution < -0.4 is 5.32 Å². The molecule has 0 unspecified atom stereocenters. The maximum atomic E-state index is 12.0. The summed E-state index contributed by atoms with van der Waals surface area (Å²) in [6.07, 6.45) is 3.31. The third kappa shape index (κ3) is 4.58. The Balaban J connectivity index is 1.80. The Morgan fingerprint density at radius 2 is 1.91 bits per heavy atom. The quantitative estimate of drug-likeness (QED) is 0.863. The highest BCUT2D eigenvalue weighted by Gasteiger charge is 2.21. The molecule has 22 heavy (non-hydrogen) atoms. The Morgan fingerprint density at radius 3 is 2.55 bits per heavy atom. The lowest BCUT2D eigenvalue weighted by Crippen LogP contribution is -2.50. The van der Waals surface area contributed by atoms with Crippen molar-refractivity contribution in [2.24, 2.45) is 0 Å². The van der Waals surface area contributed by atoms with Gasteiger partial charge in [-0.25, -0.2) is 0 Å². The minimum Gasteiger partial charge on any atom is -0.337 e. The molecule has 118 valence electrons. The van der Waals surface area contributed by atoms with E-state index in [4.69, 9.17) is 11.6 Å². The van der Waals surface area contributed by atoms with E-state index in [9.17, 15) is 9.59 Å². The van der Waals surface area contributed by atoms with Crippen molar-refractivity contribution in [3.8, 4) is 0 Å². The third-order valence-corrected chi connectivity index (χ3v) is 3.84. The van der Waals surface area contributed by atoms with Gasteiger partial charge in [-0.05, 0) is 25.1 Å². The van der Waals surface area contributed by atoms with Crippen molar-refractivity contribution in [2.75, 3.05) is 38.0 Å². The fourth-order valence-corrected chi connectivity index (χ4v) is 2.51. The lowest BCUT2D eigenvalue weighted by Gasteiger charge is -2.33.